The topological polar surface area (TPSA) is 46.6 Å². The highest BCUT2D eigenvalue weighted by Crippen LogP contribution is 2.44. The maximum absolute atomic E-state index is 13.1. The lowest BCUT2D eigenvalue weighted by atomic mass is 9.73. The zero-order chi connectivity index (χ0) is 19.7. The van der Waals surface area contributed by atoms with Crippen LogP contribution in [-0.4, -0.2) is 42.7 Å². The molecule has 2 aliphatic rings. The van der Waals surface area contributed by atoms with Gasteiger partial charge in [-0.1, -0.05) is 42.5 Å². The van der Waals surface area contributed by atoms with E-state index < -0.39 is 0 Å². The quantitative estimate of drug-likeness (QED) is 0.711. The fourth-order valence-electron chi connectivity index (χ4n) is 5.04. The van der Waals surface area contributed by atoms with Gasteiger partial charge in [0, 0.05) is 42.3 Å². The smallest absolute Gasteiger partial charge is 0.163 e. The molecule has 28 heavy (non-hydrogen) atoms. The van der Waals surface area contributed by atoms with Gasteiger partial charge in [0.25, 0.3) is 0 Å². The van der Waals surface area contributed by atoms with Gasteiger partial charge in [-0.25, -0.2) is 0 Å². The Balaban J connectivity index is 1.68. The van der Waals surface area contributed by atoms with Crippen molar-refractivity contribution in [3.63, 3.8) is 0 Å². The number of benzene rings is 2. The van der Waals surface area contributed by atoms with Crippen molar-refractivity contribution in [1.29, 1.82) is 0 Å². The minimum Gasteiger partial charge on any atom is -0.497 e. The number of fused-ring (bicyclic) bond motifs is 2. The zero-order valence-electron chi connectivity index (χ0n) is 16.5. The molecule has 2 aliphatic heterocycles. The van der Waals surface area contributed by atoms with Gasteiger partial charge in [-0.15, -0.1) is 0 Å². The number of piperidine rings is 1. The maximum Gasteiger partial charge on any atom is 0.163 e. The second kappa shape index (κ2) is 7.88. The average molecular weight is 377 g/mol. The molecule has 146 valence electrons. The Morgan fingerprint density at radius 2 is 1.82 bits per heavy atom. The number of hydrogen-bond acceptors (Lipinski definition) is 4. The van der Waals surface area contributed by atoms with Gasteiger partial charge in [-0.05, 0) is 37.6 Å². The van der Waals surface area contributed by atoms with Crippen LogP contribution in [0.15, 0.2) is 54.6 Å². The highest BCUT2D eigenvalue weighted by Gasteiger charge is 2.48. The van der Waals surface area contributed by atoms with Crippen molar-refractivity contribution >= 4 is 11.6 Å². The van der Waals surface area contributed by atoms with Crippen LogP contribution < -0.4 is 4.74 Å². The monoisotopic (exact) mass is 377 g/mol. The molecule has 0 unspecified atom stereocenters. The third kappa shape index (κ3) is 3.49. The van der Waals surface area contributed by atoms with E-state index in [-0.39, 0.29) is 23.7 Å². The Bertz CT molecular complexity index is 846. The molecular formula is C24H27NO3. The molecule has 2 heterocycles. The molecule has 0 aliphatic carbocycles. The van der Waals surface area contributed by atoms with E-state index in [4.69, 9.17) is 4.74 Å². The summed E-state index contributed by atoms with van der Waals surface area (Å²) in [6, 6.07) is 17.8. The third-order valence-electron chi connectivity index (χ3n) is 6.60. The summed E-state index contributed by atoms with van der Waals surface area (Å²) in [5.74, 6) is 0.941. The second-order valence-electron chi connectivity index (χ2n) is 8.03. The second-order valence-corrected chi connectivity index (χ2v) is 8.03. The molecule has 0 aromatic heterocycles. The number of carbonyl (C=O) groups is 2. The van der Waals surface area contributed by atoms with Gasteiger partial charge in [0.15, 0.2) is 5.78 Å². The minimum atomic E-state index is -0.134. The molecule has 0 radical (unpaired) electrons. The molecule has 4 heteroatoms. The van der Waals surface area contributed by atoms with Gasteiger partial charge < -0.3 is 4.74 Å². The molecule has 0 N–H and O–H groups in total. The van der Waals surface area contributed by atoms with Gasteiger partial charge in [-0.3, -0.25) is 14.5 Å². The van der Waals surface area contributed by atoms with E-state index in [0.29, 0.717) is 30.2 Å². The van der Waals surface area contributed by atoms with Crippen LogP contribution in [0.5, 0.6) is 5.75 Å². The largest absolute Gasteiger partial charge is 0.497 e. The molecule has 2 aromatic rings. The summed E-state index contributed by atoms with van der Waals surface area (Å²) in [4.78, 5) is 28.5. The summed E-state index contributed by atoms with van der Waals surface area (Å²) in [7, 11) is 3.77. The number of rotatable bonds is 6. The molecule has 2 fully saturated rings. The van der Waals surface area contributed by atoms with E-state index in [9.17, 15) is 9.59 Å². The van der Waals surface area contributed by atoms with Crippen molar-refractivity contribution in [3.8, 4) is 5.75 Å². The molecule has 4 nitrogen and oxygen atoms in total. The lowest BCUT2D eigenvalue weighted by molar-refractivity contribution is -0.129. The molecule has 4 atom stereocenters. The van der Waals surface area contributed by atoms with E-state index in [0.717, 1.165) is 24.2 Å². The predicted octanol–water partition coefficient (Wildman–Crippen LogP) is 4.10. The number of ether oxygens (including phenoxy) is 1. The first-order valence-electron chi connectivity index (χ1n) is 10.1. The molecule has 2 aromatic carbocycles. The standard InChI is InChI=1S/C24H27NO3/c1-25-18-10-13-21(25)24(23(27)14-18)20(16-8-11-19(28-2)12-9-16)15-22(26)17-6-4-3-5-7-17/h3-9,11-12,18,20-21,24H,10,13-15H2,1-2H3/t18-,20-,21+,24-/m0/s1. The highest BCUT2D eigenvalue weighted by atomic mass is 16.5. The Morgan fingerprint density at radius 3 is 2.50 bits per heavy atom. The van der Waals surface area contributed by atoms with Crippen LogP contribution in [0, 0.1) is 5.92 Å². The summed E-state index contributed by atoms with van der Waals surface area (Å²) in [6.07, 6.45) is 3.06. The normalized spacial score (nSPS) is 25.5. The Labute approximate surface area is 166 Å². The molecule has 0 spiro atoms. The summed E-state index contributed by atoms with van der Waals surface area (Å²) >= 11 is 0. The van der Waals surface area contributed by atoms with Crippen molar-refractivity contribution in [2.45, 2.75) is 43.7 Å². The number of Topliss-reactive ketones (excluding diaryl/α,β-unsaturated/α-hetero) is 2. The SMILES string of the molecule is COc1ccc([C@H](CC(=O)c2ccccc2)[C@@H]2C(=O)C[C@@H]3CC[C@H]2N3C)cc1. The molecule has 0 amide bonds. The molecule has 0 saturated carbocycles. The fourth-order valence-corrected chi connectivity index (χ4v) is 5.04. The van der Waals surface area contributed by atoms with E-state index in [1.54, 1.807) is 7.11 Å². The first kappa shape index (κ1) is 18.9. The number of carbonyl (C=O) groups excluding carboxylic acids is 2. The van der Waals surface area contributed by atoms with Crippen LogP contribution in [0.4, 0.5) is 0 Å². The Morgan fingerprint density at radius 1 is 1.11 bits per heavy atom. The maximum atomic E-state index is 13.1. The van der Waals surface area contributed by atoms with Crippen LogP contribution in [0.25, 0.3) is 0 Å². The fraction of sp³-hybridized carbons (Fsp3) is 0.417. The first-order chi connectivity index (χ1) is 13.6. The van der Waals surface area contributed by atoms with E-state index in [1.807, 2.05) is 54.6 Å². The average Bonchev–Trinajstić information content (AvgIpc) is 2.97. The highest BCUT2D eigenvalue weighted by molar-refractivity contribution is 5.97. The third-order valence-corrected chi connectivity index (χ3v) is 6.60. The molecule has 4 rings (SSSR count). The number of ketones is 2. The van der Waals surface area contributed by atoms with E-state index in [2.05, 4.69) is 11.9 Å². The molecule has 2 bridgehead atoms. The van der Waals surface area contributed by atoms with Crippen molar-refractivity contribution in [1.82, 2.24) is 4.90 Å². The van der Waals surface area contributed by atoms with Gasteiger partial charge in [0.1, 0.15) is 11.5 Å². The number of nitrogens with zero attached hydrogens (tertiary/aromatic N) is 1. The number of methoxy groups -OCH3 is 1. The Kier molecular flexibility index (Phi) is 5.31. The van der Waals surface area contributed by atoms with Crippen molar-refractivity contribution in [2.24, 2.45) is 5.92 Å². The van der Waals surface area contributed by atoms with E-state index in [1.165, 1.54) is 0 Å². The number of hydrogen-bond donors (Lipinski definition) is 0. The van der Waals surface area contributed by atoms with Crippen LogP contribution in [-0.2, 0) is 4.79 Å². The summed E-state index contributed by atoms with van der Waals surface area (Å²) < 4.78 is 5.29. The molecule has 2 saturated heterocycles. The van der Waals surface area contributed by atoms with Gasteiger partial charge in [-0.2, -0.15) is 0 Å². The van der Waals surface area contributed by atoms with Gasteiger partial charge >= 0.3 is 0 Å². The van der Waals surface area contributed by atoms with Crippen LogP contribution in [0.3, 0.4) is 0 Å². The predicted molar refractivity (Wildman–Crippen MR) is 109 cm³/mol. The van der Waals surface area contributed by atoms with Crippen LogP contribution in [0.1, 0.15) is 47.5 Å². The lowest BCUT2D eigenvalue weighted by Crippen LogP contribution is -2.49. The van der Waals surface area contributed by atoms with Crippen molar-refractivity contribution < 1.29 is 14.3 Å². The Hall–Kier alpha value is -2.46. The first-order valence-corrected chi connectivity index (χ1v) is 10.1. The summed E-state index contributed by atoms with van der Waals surface area (Å²) in [5.41, 5.74) is 1.75. The van der Waals surface area contributed by atoms with Crippen LogP contribution >= 0.6 is 0 Å². The van der Waals surface area contributed by atoms with E-state index >= 15 is 0 Å². The van der Waals surface area contributed by atoms with Crippen molar-refractivity contribution in [2.75, 3.05) is 14.2 Å². The van der Waals surface area contributed by atoms with Crippen molar-refractivity contribution in [3.05, 3.63) is 65.7 Å². The van der Waals surface area contributed by atoms with Gasteiger partial charge in [0.05, 0.1) is 7.11 Å². The minimum absolute atomic E-state index is 0.0944. The van der Waals surface area contributed by atoms with Gasteiger partial charge in [0.2, 0.25) is 0 Å². The lowest BCUT2D eigenvalue weighted by Gasteiger charge is -2.40. The molecular weight excluding hydrogens is 350 g/mol. The summed E-state index contributed by atoms with van der Waals surface area (Å²) in [5, 5.41) is 0. The van der Waals surface area contributed by atoms with Crippen LogP contribution in [0.2, 0.25) is 0 Å². The zero-order valence-corrected chi connectivity index (χ0v) is 16.5. The summed E-state index contributed by atoms with van der Waals surface area (Å²) in [6.45, 7) is 0.